The van der Waals surface area contributed by atoms with Crippen molar-refractivity contribution in [3.63, 3.8) is 0 Å². The molecule has 2 aromatic carbocycles. The van der Waals surface area contributed by atoms with E-state index in [1.54, 1.807) is 36.1 Å². The second-order valence-corrected chi connectivity index (χ2v) is 10.1. The van der Waals surface area contributed by atoms with E-state index >= 15 is 0 Å². The maximum atomic E-state index is 13.1. The molecule has 34 heavy (non-hydrogen) atoms. The van der Waals surface area contributed by atoms with E-state index < -0.39 is 10.0 Å². The van der Waals surface area contributed by atoms with Crippen LogP contribution in [-0.2, 0) is 14.8 Å². The minimum Gasteiger partial charge on any atom is -0.339 e. The first-order valence-corrected chi connectivity index (χ1v) is 12.2. The topological polar surface area (TPSA) is 126 Å². The molecule has 1 N–H and O–H groups in total. The van der Waals surface area contributed by atoms with Crippen LogP contribution in [0.5, 0.6) is 0 Å². The van der Waals surface area contributed by atoms with Crippen LogP contribution in [0.1, 0.15) is 23.2 Å². The predicted molar refractivity (Wildman–Crippen MR) is 125 cm³/mol. The Bertz CT molecular complexity index is 1330. The van der Waals surface area contributed by atoms with E-state index in [-0.39, 0.29) is 47.9 Å². The number of aromatic nitrogens is 2. The molecule has 178 valence electrons. The van der Waals surface area contributed by atoms with Crippen molar-refractivity contribution in [2.75, 3.05) is 31.5 Å². The van der Waals surface area contributed by atoms with Crippen LogP contribution in [0.25, 0.3) is 11.4 Å². The van der Waals surface area contributed by atoms with Crippen LogP contribution >= 0.6 is 11.6 Å². The lowest BCUT2D eigenvalue weighted by Crippen LogP contribution is -2.50. The van der Waals surface area contributed by atoms with Crippen molar-refractivity contribution in [3.8, 4) is 11.4 Å². The largest absolute Gasteiger partial charge is 0.339 e. The summed E-state index contributed by atoms with van der Waals surface area (Å²) in [4.78, 5) is 29.9. The third-order valence-corrected chi connectivity index (χ3v) is 7.54. The van der Waals surface area contributed by atoms with Crippen LogP contribution in [0.3, 0.4) is 0 Å². The number of rotatable bonds is 5. The number of benzene rings is 2. The lowest BCUT2D eigenvalue weighted by molar-refractivity contribution is -0.114. The molecule has 1 aliphatic heterocycles. The van der Waals surface area contributed by atoms with E-state index in [0.29, 0.717) is 23.0 Å². The number of nitrogens with zero attached hydrogens (tertiary/aromatic N) is 4. The van der Waals surface area contributed by atoms with Gasteiger partial charge in [-0.2, -0.15) is 9.29 Å². The normalized spacial score (nSPS) is 14.7. The van der Waals surface area contributed by atoms with E-state index in [0.717, 1.165) is 5.56 Å². The molecule has 0 atom stereocenters. The number of sulfonamides is 1. The van der Waals surface area contributed by atoms with Crippen molar-refractivity contribution in [1.29, 1.82) is 0 Å². The third-order valence-electron chi connectivity index (χ3n) is 5.33. The summed E-state index contributed by atoms with van der Waals surface area (Å²) >= 11 is 6.14. The van der Waals surface area contributed by atoms with Crippen molar-refractivity contribution in [2.24, 2.45) is 0 Å². The van der Waals surface area contributed by atoms with Crippen LogP contribution in [0.15, 0.2) is 51.9 Å². The maximum absolute atomic E-state index is 13.1. The Hall–Kier alpha value is -3.28. The number of piperazine rings is 1. The summed E-state index contributed by atoms with van der Waals surface area (Å²) in [6.07, 6.45) is 0. The summed E-state index contributed by atoms with van der Waals surface area (Å²) in [6, 6.07) is 11.0. The molecule has 0 bridgehead atoms. The summed E-state index contributed by atoms with van der Waals surface area (Å²) in [5, 5.41) is 6.53. The van der Waals surface area contributed by atoms with Gasteiger partial charge in [-0.05, 0) is 30.3 Å². The first kappa shape index (κ1) is 23.9. The second kappa shape index (κ2) is 9.53. The van der Waals surface area contributed by atoms with Gasteiger partial charge in [0.25, 0.3) is 5.91 Å². The predicted octanol–water partition coefficient (Wildman–Crippen LogP) is 2.80. The summed E-state index contributed by atoms with van der Waals surface area (Å²) in [5.41, 5.74) is 1.55. The smallest absolute Gasteiger partial charge is 0.253 e. The van der Waals surface area contributed by atoms with Crippen molar-refractivity contribution in [2.45, 2.75) is 18.7 Å². The highest BCUT2D eigenvalue weighted by Crippen LogP contribution is 2.27. The number of hydrogen-bond donors (Lipinski definition) is 1. The molecule has 2 heterocycles. The van der Waals surface area contributed by atoms with Gasteiger partial charge in [-0.3, -0.25) is 9.59 Å². The standard InChI is InChI=1S/C22H22ClN5O5S/c1-14(29)24-20-8-7-18(13-19(20)23)34(31,32)28-11-9-27(10-12-28)22(30)17-5-3-16(4-6-17)21-25-15(2)33-26-21/h3-8,13H,9-12H2,1-2H3,(H,24,29). The molecule has 1 aromatic heterocycles. The molecule has 0 radical (unpaired) electrons. The fourth-order valence-electron chi connectivity index (χ4n) is 3.59. The number of anilines is 1. The van der Waals surface area contributed by atoms with Gasteiger partial charge in [0.15, 0.2) is 0 Å². The highest BCUT2D eigenvalue weighted by Gasteiger charge is 2.31. The highest BCUT2D eigenvalue weighted by atomic mass is 35.5. The van der Waals surface area contributed by atoms with Gasteiger partial charge in [-0.1, -0.05) is 28.9 Å². The van der Waals surface area contributed by atoms with Crippen LogP contribution in [0.4, 0.5) is 5.69 Å². The summed E-state index contributed by atoms with van der Waals surface area (Å²) in [7, 11) is -3.80. The van der Waals surface area contributed by atoms with Gasteiger partial charge in [-0.15, -0.1) is 0 Å². The molecule has 1 saturated heterocycles. The number of amides is 2. The number of halogens is 1. The van der Waals surface area contributed by atoms with Crippen molar-refractivity contribution in [1.82, 2.24) is 19.3 Å². The van der Waals surface area contributed by atoms with Gasteiger partial charge >= 0.3 is 0 Å². The van der Waals surface area contributed by atoms with Crippen LogP contribution in [-0.4, -0.2) is 65.8 Å². The van der Waals surface area contributed by atoms with Crippen LogP contribution in [0, 0.1) is 6.92 Å². The van der Waals surface area contributed by atoms with E-state index in [9.17, 15) is 18.0 Å². The van der Waals surface area contributed by atoms with Gasteiger partial charge in [0.1, 0.15) is 0 Å². The minimum absolute atomic E-state index is 0.0265. The SMILES string of the molecule is CC(=O)Nc1ccc(S(=O)(=O)N2CCN(C(=O)c3ccc(-c4noc(C)n4)cc3)CC2)cc1Cl. The van der Waals surface area contributed by atoms with Crippen molar-refractivity contribution < 1.29 is 22.5 Å². The molecule has 0 saturated carbocycles. The lowest BCUT2D eigenvalue weighted by atomic mass is 10.1. The first-order valence-electron chi connectivity index (χ1n) is 10.4. The van der Waals surface area contributed by atoms with Gasteiger partial charge < -0.3 is 14.7 Å². The molecule has 3 aromatic rings. The molecular formula is C22H22ClN5O5S. The number of nitrogens with one attached hydrogen (secondary N) is 1. The second-order valence-electron chi connectivity index (χ2n) is 7.73. The Morgan fingerprint density at radius 2 is 1.74 bits per heavy atom. The Balaban J connectivity index is 1.41. The highest BCUT2D eigenvalue weighted by molar-refractivity contribution is 7.89. The summed E-state index contributed by atoms with van der Waals surface area (Å²) in [5.74, 6) is 0.405. The van der Waals surface area contributed by atoms with Crippen molar-refractivity contribution in [3.05, 3.63) is 58.9 Å². The number of carbonyl (C=O) groups excluding carboxylic acids is 2. The fraction of sp³-hybridized carbons (Fsp3) is 0.273. The Labute approximate surface area is 201 Å². The Morgan fingerprint density at radius 1 is 1.06 bits per heavy atom. The zero-order chi connectivity index (χ0) is 24.5. The summed E-state index contributed by atoms with van der Waals surface area (Å²) < 4.78 is 32.4. The average Bonchev–Trinajstić information content (AvgIpc) is 3.26. The van der Waals surface area contributed by atoms with Gasteiger partial charge in [0.2, 0.25) is 27.6 Å². The molecule has 2 amide bonds. The van der Waals surface area contributed by atoms with E-state index in [4.69, 9.17) is 16.1 Å². The third kappa shape index (κ3) is 4.96. The molecule has 1 aliphatic rings. The monoisotopic (exact) mass is 503 g/mol. The van der Waals surface area contributed by atoms with E-state index in [1.165, 1.54) is 29.4 Å². The van der Waals surface area contributed by atoms with Crippen LogP contribution in [0.2, 0.25) is 5.02 Å². The average molecular weight is 504 g/mol. The molecule has 0 spiro atoms. The quantitative estimate of drug-likeness (QED) is 0.567. The molecule has 12 heteroatoms. The Morgan fingerprint density at radius 3 is 2.29 bits per heavy atom. The maximum Gasteiger partial charge on any atom is 0.253 e. The number of hydrogen-bond acceptors (Lipinski definition) is 7. The van der Waals surface area contributed by atoms with E-state index in [1.807, 2.05) is 0 Å². The minimum atomic E-state index is -3.80. The van der Waals surface area contributed by atoms with Crippen LogP contribution < -0.4 is 5.32 Å². The number of aryl methyl sites for hydroxylation is 1. The molecular weight excluding hydrogens is 482 g/mol. The molecule has 0 aliphatic carbocycles. The first-order chi connectivity index (χ1) is 16.1. The number of carbonyl (C=O) groups is 2. The lowest BCUT2D eigenvalue weighted by Gasteiger charge is -2.34. The summed E-state index contributed by atoms with van der Waals surface area (Å²) in [6.45, 7) is 3.84. The van der Waals surface area contributed by atoms with Crippen molar-refractivity contribution >= 4 is 39.1 Å². The molecule has 0 unspecified atom stereocenters. The van der Waals surface area contributed by atoms with E-state index in [2.05, 4.69) is 15.5 Å². The zero-order valence-electron chi connectivity index (χ0n) is 18.5. The molecule has 1 fully saturated rings. The molecule has 4 rings (SSSR count). The molecule has 10 nitrogen and oxygen atoms in total. The van der Waals surface area contributed by atoms with Gasteiger partial charge in [0.05, 0.1) is 15.6 Å². The van der Waals surface area contributed by atoms with Gasteiger partial charge in [0, 0.05) is 51.2 Å². The van der Waals surface area contributed by atoms with Gasteiger partial charge in [-0.25, -0.2) is 8.42 Å². The Kier molecular flexibility index (Phi) is 6.69. The zero-order valence-corrected chi connectivity index (χ0v) is 20.1. The fourth-order valence-corrected chi connectivity index (χ4v) is 5.33.